The van der Waals surface area contributed by atoms with Crippen molar-refractivity contribution in [1.82, 2.24) is 15.2 Å². The summed E-state index contributed by atoms with van der Waals surface area (Å²) in [6.45, 7) is 1.76. The Morgan fingerprint density at radius 2 is 2.13 bits per heavy atom. The molecule has 0 amide bonds. The first kappa shape index (κ1) is 16.3. The van der Waals surface area contributed by atoms with E-state index in [1.54, 1.807) is 24.2 Å². The minimum atomic E-state index is 0.371. The Balaban J connectivity index is 1.45. The van der Waals surface area contributed by atoms with E-state index >= 15 is 0 Å². The number of aromatic nitrogens is 3. The Morgan fingerprint density at radius 3 is 2.91 bits per heavy atom. The van der Waals surface area contributed by atoms with Gasteiger partial charge in [-0.05, 0) is 37.8 Å². The molecule has 3 heterocycles. The van der Waals surface area contributed by atoms with E-state index in [0.29, 0.717) is 23.8 Å². The van der Waals surface area contributed by atoms with E-state index in [2.05, 4.69) is 15.2 Å². The van der Waals surface area contributed by atoms with Gasteiger partial charge >= 0.3 is 6.01 Å². The van der Waals surface area contributed by atoms with Crippen molar-refractivity contribution in [3.8, 4) is 0 Å². The first-order valence-electron chi connectivity index (χ1n) is 7.99. The Hall–Kier alpha value is -1.60. The van der Waals surface area contributed by atoms with Crippen LogP contribution in [0.15, 0.2) is 33.8 Å². The smallest absolute Gasteiger partial charge is 0.317 e. The van der Waals surface area contributed by atoms with E-state index in [4.69, 9.17) is 9.15 Å². The second kappa shape index (κ2) is 8.31. The number of ether oxygens (including phenoxy) is 1. The molecule has 124 valence electrons. The molecule has 0 aromatic carbocycles. The monoisotopic (exact) mass is 334 g/mol. The normalized spacial score (nSPS) is 18.0. The van der Waals surface area contributed by atoms with Crippen molar-refractivity contribution < 1.29 is 9.15 Å². The molecule has 0 N–H and O–H groups in total. The van der Waals surface area contributed by atoms with Crippen LogP contribution < -0.4 is 4.90 Å². The van der Waals surface area contributed by atoms with Crippen molar-refractivity contribution in [3.05, 3.63) is 30.4 Å². The number of nitrogens with zero attached hydrogens (tertiary/aromatic N) is 4. The van der Waals surface area contributed by atoms with E-state index in [1.165, 1.54) is 12.8 Å². The van der Waals surface area contributed by atoms with Crippen molar-refractivity contribution in [2.75, 3.05) is 25.1 Å². The van der Waals surface area contributed by atoms with Gasteiger partial charge in [-0.3, -0.25) is 4.98 Å². The Morgan fingerprint density at radius 1 is 1.26 bits per heavy atom. The third-order valence-corrected chi connectivity index (χ3v) is 4.85. The van der Waals surface area contributed by atoms with Crippen LogP contribution in [0.25, 0.3) is 0 Å². The van der Waals surface area contributed by atoms with Crippen molar-refractivity contribution >= 4 is 17.8 Å². The zero-order chi connectivity index (χ0) is 15.9. The zero-order valence-electron chi connectivity index (χ0n) is 13.4. The Bertz CT molecular complexity index is 587. The van der Waals surface area contributed by atoms with Crippen molar-refractivity contribution in [1.29, 1.82) is 0 Å². The Labute approximate surface area is 140 Å². The fourth-order valence-electron chi connectivity index (χ4n) is 2.51. The highest BCUT2D eigenvalue weighted by atomic mass is 32.2. The van der Waals surface area contributed by atoms with Crippen LogP contribution in [0.2, 0.25) is 0 Å². The van der Waals surface area contributed by atoms with Gasteiger partial charge in [-0.15, -0.1) is 16.9 Å². The summed E-state index contributed by atoms with van der Waals surface area (Å²) in [6, 6.07) is 4.52. The number of thioether (sulfide) groups is 1. The molecule has 2 aromatic rings. The summed E-state index contributed by atoms with van der Waals surface area (Å²) in [5.41, 5.74) is 0. The lowest BCUT2D eigenvalue weighted by Gasteiger charge is -2.24. The van der Waals surface area contributed by atoms with Crippen molar-refractivity contribution in [3.63, 3.8) is 0 Å². The van der Waals surface area contributed by atoms with E-state index in [-0.39, 0.29) is 0 Å². The van der Waals surface area contributed by atoms with Gasteiger partial charge in [0.05, 0.1) is 11.9 Å². The second-order valence-electron chi connectivity index (χ2n) is 5.65. The molecule has 1 saturated heterocycles. The molecule has 2 aromatic heterocycles. The minimum Gasteiger partial charge on any atom is -0.407 e. The molecule has 0 saturated carbocycles. The number of hydrogen-bond donors (Lipinski definition) is 0. The van der Waals surface area contributed by atoms with Crippen LogP contribution in [0, 0.1) is 0 Å². The van der Waals surface area contributed by atoms with Crippen LogP contribution in [0.5, 0.6) is 0 Å². The maximum Gasteiger partial charge on any atom is 0.317 e. The molecular weight excluding hydrogens is 312 g/mol. The van der Waals surface area contributed by atoms with Crippen LogP contribution in [0.1, 0.15) is 31.6 Å². The third-order valence-electron chi connectivity index (χ3n) is 3.86. The fraction of sp³-hybridized carbons (Fsp3) is 0.562. The van der Waals surface area contributed by atoms with Gasteiger partial charge in [-0.25, -0.2) is 0 Å². The van der Waals surface area contributed by atoms with Crippen LogP contribution >= 0.6 is 11.8 Å². The first-order valence-corrected chi connectivity index (χ1v) is 8.98. The summed E-state index contributed by atoms with van der Waals surface area (Å²) < 4.78 is 11.5. The molecule has 23 heavy (non-hydrogen) atoms. The molecule has 1 atom stereocenters. The minimum absolute atomic E-state index is 0.371. The topological polar surface area (TPSA) is 64.3 Å². The van der Waals surface area contributed by atoms with Gasteiger partial charge in [0.15, 0.2) is 0 Å². The van der Waals surface area contributed by atoms with Crippen LogP contribution in [-0.4, -0.2) is 41.5 Å². The van der Waals surface area contributed by atoms with Gasteiger partial charge in [0.1, 0.15) is 0 Å². The standard InChI is InChI=1S/C16H22N4O2S/c1-20(10-7-13-4-2-3-11-21-13)16-19-18-15(22-16)12-23-14-5-8-17-9-6-14/h5-6,8-9,13H,2-4,7,10-12H2,1H3. The first-order chi connectivity index (χ1) is 11.3. The molecule has 6 nitrogen and oxygen atoms in total. The number of rotatable bonds is 7. The number of hydrogen-bond acceptors (Lipinski definition) is 7. The highest BCUT2D eigenvalue weighted by molar-refractivity contribution is 7.98. The van der Waals surface area contributed by atoms with Gasteiger partial charge in [0.25, 0.3) is 0 Å². The third kappa shape index (κ3) is 4.94. The van der Waals surface area contributed by atoms with Gasteiger partial charge in [0, 0.05) is 37.5 Å². The summed E-state index contributed by atoms with van der Waals surface area (Å²) in [5.74, 6) is 1.30. The molecule has 1 aliphatic rings. The van der Waals surface area contributed by atoms with Crippen molar-refractivity contribution in [2.45, 2.75) is 42.4 Å². The lowest BCUT2D eigenvalue weighted by molar-refractivity contribution is 0.0126. The summed E-state index contributed by atoms with van der Waals surface area (Å²) in [7, 11) is 1.98. The molecule has 1 fully saturated rings. The van der Waals surface area contributed by atoms with Gasteiger partial charge in [-0.1, -0.05) is 5.10 Å². The average Bonchev–Trinajstić information content (AvgIpc) is 3.09. The van der Waals surface area contributed by atoms with Crippen LogP contribution in [0.4, 0.5) is 6.01 Å². The summed E-state index contributed by atoms with van der Waals surface area (Å²) in [5, 5.41) is 8.26. The van der Waals surface area contributed by atoms with Gasteiger partial charge in [-0.2, -0.15) is 0 Å². The molecular formula is C16H22N4O2S. The van der Waals surface area contributed by atoms with E-state index in [9.17, 15) is 0 Å². The lowest BCUT2D eigenvalue weighted by atomic mass is 10.1. The quantitative estimate of drug-likeness (QED) is 0.721. The lowest BCUT2D eigenvalue weighted by Crippen LogP contribution is -2.26. The van der Waals surface area contributed by atoms with E-state index < -0.39 is 0 Å². The maximum absolute atomic E-state index is 5.76. The highest BCUT2D eigenvalue weighted by Crippen LogP contribution is 2.23. The molecule has 3 rings (SSSR count). The van der Waals surface area contributed by atoms with Crippen molar-refractivity contribution in [2.24, 2.45) is 0 Å². The molecule has 0 radical (unpaired) electrons. The van der Waals surface area contributed by atoms with Crippen LogP contribution in [0.3, 0.4) is 0 Å². The summed E-state index contributed by atoms with van der Waals surface area (Å²) >= 11 is 1.66. The van der Waals surface area contributed by atoms with Gasteiger partial charge in [0.2, 0.25) is 5.89 Å². The molecule has 7 heteroatoms. The highest BCUT2D eigenvalue weighted by Gasteiger charge is 2.16. The molecule has 0 bridgehead atoms. The number of pyridine rings is 1. The zero-order valence-corrected chi connectivity index (χ0v) is 14.2. The predicted molar refractivity (Wildman–Crippen MR) is 89.6 cm³/mol. The summed E-state index contributed by atoms with van der Waals surface area (Å²) in [4.78, 5) is 7.15. The largest absolute Gasteiger partial charge is 0.407 e. The molecule has 1 aliphatic heterocycles. The molecule has 0 spiro atoms. The number of anilines is 1. The van der Waals surface area contributed by atoms with Gasteiger partial charge < -0.3 is 14.1 Å². The molecule has 0 aliphatic carbocycles. The molecule has 1 unspecified atom stereocenters. The average molecular weight is 334 g/mol. The second-order valence-corrected chi connectivity index (χ2v) is 6.70. The van der Waals surface area contributed by atoms with Crippen LogP contribution in [-0.2, 0) is 10.5 Å². The summed E-state index contributed by atoms with van der Waals surface area (Å²) in [6.07, 6.45) is 8.55. The maximum atomic E-state index is 5.76. The van der Waals surface area contributed by atoms with E-state index in [1.807, 2.05) is 24.1 Å². The fourth-order valence-corrected chi connectivity index (χ4v) is 3.23. The Kier molecular flexibility index (Phi) is 5.87. The SMILES string of the molecule is CN(CCC1CCCCO1)c1nnc(CSc2ccncc2)o1. The van der Waals surface area contributed by atoms with E-state index in [0.717, 1.165) is 30.9 Å². The predicted octanol–water partition coefficient (Wildman–Crippen LogP) is 3.15.